The van der Waals surface area contributed by atoms with Crippen molar-refractivity contribution in [2.24, 2.45) is 11.3 Å². The van der Waals surface area contributed by atoms with Gasteiger partial charge in [0.05, 0.1) is 24.3 Å². The summed E-state index contributed by atoms with van der Waals surface area (Å²) >= 11 is 0. The Bertz CT molecular complexity index is 985. The number of hydrogen-bond donors (Lipinski definition) is 1. The molecule has 0 aliphatic carbocycles. The SMILES string of the molecule is COc1ccc(CN2CCC3(CCN(CCC(NC(=O)C(C)C)c4ccccn4)CC3)C2=O)cc1. The van der Waals surface area contributed by atoms with E-state index in [-0.39, 0.29) is 23.3 Å². The molecule has 1 aromatic heterocycles. The summed E-state index contributed by atoms with van der Waals surface area (Å²) in [6, 6.07) is 13.7. The highest BCUT2D eigenvalue weighted by Crippen LogP contribution is 2.42. The molecule has 1 atom stereocenters. The fourth-order valence-electron chi connectivity index (χ4n) is 5.19. The second-order valence-electron chi connectivity index (χ2n) is 10.2. The first-order chi connectivity index (χ1) is 16.9. The second-order valence-corrected chi connectivity index (χ2v) is 10.2. The normalized spacial score (nSPS) is 18.7. The third kappa shape index (κ3) is 6.01. The molecule has 3 heterocycles. The Labute approximate surface area is 208 Å². The zero-order chi connectivity index (χ0) is 24.8. The van der Waals surface area contributed by atoms with Gasteiger partial charge in [0.25, 0.3) is 0 Å². The van der Waals surface area contributed by atoms with Crippen LogP contribution >= 0.6 is 0 Å². The average Bonchev–Trinajstić information content (AvgIpc) is 3.18. The van der Waals surface area contributed by atoms with E-state index >= 15 is 0 Å². The predicted octanol–water partition coefficient (Wildman–Crippen LogP) is 3.81. The van der Waals surface area contributed by atoms with E-state index in [1.807, 2.05) is 61.2 Å². The highest BCUT2D eigenvalue weighted by molar-refractivity contribution is 5.85. The van der Waals surface area contributed by atoms with Gasteiger partial charge in [-0.2, -0.15) is 0 Å². The van der Waals surface area contributed by atoms with E-state index in [1.165, 1.54) is 0 Å². The topological polar surface area (TPSA) is 74.8 Å². The molecule has 1 N–H and O–H groups in total. The van der Waals surface area contributed by atoms with Crippen LogP contribution in [0.25, 0.3) is 0 Å². The highest BCUT2D eigenvalue weighted by atomic mass is 16.5. The molecular weight excluding hydrogens is 440 g/mol. The van der Waals surface area contributed by atoms with Crippen LogP contribution in [0.2, 0.25) is 0 Å². The lowest BCUT2D eigenvalue weighted by molar-refractivity contribution is -0.139. The number of piperidine rings is 1. The van der Waals surface area contributed by atoms with Crippen molar-refractivity contribution in [3.63, 3.8) is 0 Å². The van der Waals surface area contributed by atoms with Gasteiger partial charge in [-0.25, -0.2) is 0 Å². The van der Waals surface area contributed by atoms with Gasteiger partial charge >= 0.3 is 0 Å². The first kappa shape index (κ1) is 25.2. The van der Waals surface area contributed by atoms with Crippen molar-refractivity contribution in [1.82, 2.24) is 20.1 Å². The maximum atomic E-state index is 13.4. The number of rotatable bonds is 9. The molecule has 188 valence electrons. The molecule has 7 heteroatoms. The zero-order valence-corrected chi connectivity index (χ0v) is 21.2. The Morgan fingerprint density at radius 1 is 1.09 bits per heavy atom. The minimum Gasteiger partial charge on any atom is -0.497 e. The average molecular weight is 479 g/mol. The molecule has 0 radical (unpaired) electrons. The lowest BCUT2D eigenvalue weighted by atomic mass is 9.77. The molecule has 35 heavy (non-hydrogen) atoms. The Balaban J connectivity index is 1.30. The fourth-order valence-corrected chi connectivity index (χ4v) is 5.19. The standard InChI is InChI=1S/C28H38N4O3/c1-21(2)26(33)30-25(24-6-4-5-15-29-24)11-16-31-17-12-28(13-18-31)14-19-32(27(28)34)20-22-7-9-23(35-3)10-8-22/h4-10,15,21,25H,11-14,16-20H2,1-3H3,(H,30,33). The van der Waals surface area contributed by atoms with Crippen LogP contribution in [0.5, 0.6) is 5.75 Å². The van der Waals surface area contributed by atoms with Crippen LogP contribution in [0.4, 0.5) is 0 Å². The summed E-state index contributed by atoms with van der Waals surface area (Å²) < 4.78 is 5.24. The summed E-state index contributed by atoms with van der Waals surface area (Å²) in [7, 11) is 1.66. The molecule has 2 fully saturated rings. The van der Waals surface area contributed by atoms with E-state index < -0.39 is 0 Å². The first-order valence-corrected chi connectivity index (χ1v) is 12.8. The summed E-state index contributed by atoms with van der Waals surface area (Å²) in [4.78, 5) is 34.7. The van der Waals surface area contributed by atoms with Crippen LogP contribution < -0.4 is 10.1 Å². The van der Waals surface area contributed by atoms with Crippen LogP contribution in [-0.4, -0.2) is 59.9 Å². The van der Waals surface area contributed by atoms with Crippen molar-refractivity contribution in [2.75, 3.05) is 33.3 Å². The maximum Gasteiger partial charge on any atom is 0.229 e. The largest absolute Gasteiger partial charge is 0.497 e. The van der Waals surface area contributed by atoms with Crippen molar-refractivity contribution in [2.45, 2.75) is 52.1 Å². The first-order valence-electron chi connectivity index (χ1n) is 12.8. The molecule has 1 spiro atoms. The van der Waals surface area contributed by atoms with Gasteiger partial charge in [-0.05, 0) is 68.6 Å². The Morgan fingerprint density at radius 3 is 2.43 bits per heavy atom. The third-order valence-corrected chi connectivity index (χ3v) is 7.57. The van der Waals surface area contributed by atoms with Gasteiger partial charge in [-0.15, -0.1) is 0 Å². The lowest BCUT2D eigenvalue weighted by Gasteiger charge is -2.38. The molecule has 2 aromatic rings. The van der Waals surface area contributed by atoms with E-state index in [4.69, 9.17) is 4.74 Å². The van der Waals surface area contributed by atoms with Gasteiger partial charge in [0.1, 0.15) is 5.75 Å². The number of hydrogen-bond acceptors (Lipinski definition) is 5. The zero-order valence-electron chi connectivity index (χ0n) is 21.2. The molecule has 2 aliphatic heterocycles. The van der Waals surface area contributed by atoms with Crippen LogP contribution in [0, 0.1) is 11.3 Å². The highest BCUT2D eigenvalue weighted by Gasteiger charge is 2.47. The fraction of sp³-hybridized carbons (Fsp3) is 0.536. The molecule has 4 rings (SSSR count). The van der Waals surface area contributed by atoms with Crippen LogP contribution in [0.15, 0.2) is 48.7 Å². The number of amides is 2. The van der Waals surface area contributed by atoms with E-state index in [1.54, 1.807) is 13.3 Å². The van der Waals surface area contributed by atoms with Gasteiger partial charge in [-0.3, -0.25) is 14.6 Å². The smallest absolute Gasteiger partial charge is 0.229 e. The van der Waals surface area contributed by atoms with Crippen molar-refractivity contribution < 1.29 is 14.3 Å². The molecule has 1 unspecified atom stereocenters. The molecule has 2 saturated heterocycles. The number of ether oxygens (including phenoxy) is 1. The summed E-state index contributed by atoms with van der Waals surface area (Å²) in [6.07, 6.45) is 5.32. The van der Waals surface area contributed by atoms with E-state index in [2.05, 4.69) is 15.2 Å². The van der Waals surface area contributed by atoms with Crippen molar-refractivity contribution in [1.29, 1.82) is 0 Å². The number of benzene rings is 1. The summed E-state index contributed by atoms with van der Waals surface area (Å²) in [6.45, 7) is 8.00. The van der Waals surface area contributed by atoms with Crippen LogP contribution in [0.1, 0.15) is 56.8 Å². The van der Waals surface area contributed by atoms with Crippen molar-refractivity contribution >= 4 is 11.8 Å². The number of likely N-dealkylation sites (tertiary alicyclic amines) is 2. The Hall–Kier alpha value is -2.93. The molecule has 7 nitrogen and oxygen atoms in total. The van der Waals surface area contributed by atoms with E-state index in [0.717, 1.165) is 68.9 Å². The molecular formula is C28H38N4O3. The van der Waals surface area contributed by atoms with Gasteiger partial charge in [0, 0.05) is 31.7 Å². The summed E-state index contributed by atoms with van der Waals surface area (Å²) in [5.41, 5.74) is 1.82. The van der Waals surface area contributed by atoms with Gasteiger partial charge in [-0.1, -0.05) is 32.0 Å². The minimum atomic E-state index is -0.213. The monoisotopic (exact) mass is 478 g/mol. The number of carbonyl (C=O) groups is 2. The number of aromatic nitrogens is 1. The predicted molar refractivity (Wildman–Crippen MR) is 136 cm³/mol. The Morgan fingerprint density at radius 2 is 1.80 bits per heavy atom. The molecule has 0 bridgehead atoms. The molecule has 2 amide bonds. The quantitative estimate of drug-likeness (QED) is 0.593. The van der Waals surface area contributed by atoms with Gasteiger partial charge in [0.2, 0.25) is 11.8 Å². The summed E-state index contributed by atoms with van der Waals surface area (Å²) in [5.74, 6) is 1.12. The van der Waals surface area contributed by atoms with Crippen LogP contribution in [0.3, 0.4) is 0 Å². The number of nitrogens with zero attached hydrogens (tertiary/aromatic N) is 3. The van der Waals surface area contributed by atoms with Gasteiger partial charge < -0.3 is 19.9 Å². The molecule has 0 saturated carbocycles. The lowest BCUT2D eigenvalue weighted by Crippen LogP contribution is -2.45. The number of methoxy groups -OCH3 is 1. The van der Waals surface area contributed by atoms with Crippen molar-refractivity contribution in [3.05, 3.63) is 59.9 Å². The van der Waals surface area contributed by atoms with Crippen molar-refractivity contribution in [3.8, 4) is 5.75 Å². The Kier molecular flexibility index (Phi) is 8.06. The third-order valence-electron chi connectivity index (χ3n) is 7.57. The number of carbonyl (C=O) groups excluding carboxylic acids is 2. The number of nitrogens with one attached hydrogen (secondary N) is 1. The molecule has 1 aromatic carbocycles. The van der Waals surface area contributed by atoms with Gasteiger partial charge in [0.15, 0.2) is 0 Å². The molecule has 2 aliphatic rings. The number of pyridine rings is 1. The second kappa shape index (κ2) is 11.2. The van der Waals surface area contributed by atoms with E-state index in [9.17, 15) is 9.59 Å². The summed E-state index contributed by atoms with van der Waals surface area (Å²) in [5, 5.41) is 3.17. The van der Waals surface area contributed by atoms with Crippen LogP contribution in [-0.2, 0) is 16.1 Å². The minimum absolute atomic E-state index is 0.0479. The van der Waals surface area contributed by atoms with E-state index in [0.29, 0.717) is 12.5 Å². The maximum absolute atomic E-state index is 13.4.